The fourth-order valence-corrected chi connectivity index (χ4v) is 4.72. The molecule has 9 nitrogen and oxygen atoms in total. The van der Waals surface area contributed by atoms with Crippen molar-refractivity contribution in [1.82, 2.24) is 5.32 Å². The topological polar surface area (TPSA) is 125 Å². The molecule has 0 bridgehead atoms. The fourth-order valence-electron chi connectivity index (χ4n) is 4.72. The lowest BCUT2D eigenvalue weighted by Gasteiger charge is -2.25. The van der Waals surface area contributed by atoms with Crippen LogP contribution in [0, 0.1) is 4.91 Å². The van der Waals surface area contributed by atoms with Crippen LogP contribution < -0.4 is 15.0 Å². The van der Waals surface area contributed by atoms with Gasteiger partial charge in [0.2, 0.25) is 0 Å². The predicted octanol–water partition coefficient (Wildman–Crippen LogP) is 6.54. The Hall–Kier alpha value is -4.53. The summed E-state index contributed by atoms with van der Waals surface area (Å²) in [6.07, 6.45) is 5.21. The Morgan fingerprint density at radius 2 is 1.62 bits per heavy atom. The number of nitrogens with one attached hydrogen (secondary N) is 1. The minimum Gasteiger partial charge on any atom is -0.481 e. The zero-order chi connectivity index (χ0) is 27.6. The molecule has 0 saturated heterocycles. The molecular formula is C30H31N3O6. The molecule has 0 spiro atoms. The summed E-state index contributed by atoms with van der Waals surface area (Å²) in [5.74, 6) is -0.783. The number of ether oxygens (including phenoxy) is 1. The molecule has 1 aliphatic rings. The van der Waals surface area contributed by atoms with Gasteiger partial charge in [0.15, 0.2) is 11.4 Å². The summed E-state index contributed by atoms with van der Waals surface area (Å²) >= 11 is 0. The summed E-state index contributed by atoms with van der Waals surface area (Å²) in [7, 11) is 0. The monoisotopic (exact) mass is 529 g/mol. The molecule has 2 N–H and O–H groups in total. The number of nitroso groups, excluding NO2 is 1. The highest BCUT2D eigenvalue weighted by atomic mass is 16.6. The molecule has 39 heavy (non-hydrogen) atoms. The molecule has 0 aliphatic heterocycles. The Kier molecular flexibility index (Phi) is 9.39. The first kappa shape index (κ1) is 27.5. The number of para-hydroxylation sites is 1. The number of carboxylic acids is 1. The lowest BCUT2D eigenvalue weighted by Crippen LogP contribution is -2.33. The maximum absolute atomic E-state index is 13.4. The van der Waals surface area contributed by atoms with Crippen LogP contribution in [-0.2, 0) is 11.3 Å². The van der Waals surface area contributed by atoms with Gasteiger partial charge in [-0.25, -0.2) is 4.79 Å². The van der Waals surface area contributed by atoms with Gasteiger partial charge in [-0.05, 0) is 71.5 Å². The summed E-state index contributed by atoms with van der Waals surface area (Å²) in [6, 6.07) is 20.9. The number of anilines is 1. The van der Waals surface area contributed by atoms with Crippen molar-refractivity contribution in [3.05, 3.63) is 94.4 Å². The molecule has 0 atom stereocenters. The van der Waals surface area contributed by atoms with Crippen LogP contribution in [0.1, 0.15) is 65.9 Å². The largest absolute Gasteiger partial charge is 0.481 e. The average molecular weight is 530 g/mol. The van der Waals surface area contributed by atoms with Gasteiger partial charge in [-0.15, -0.1) is 4.91 Å². The second kappa shape index (κ2) is 13.3. The van der Waals surface area contributed by atoms with E-state index in [2.05, 4.69) is 22.6 Å². The van der Waals surface area contributed by atoms with Crippen molar-refractivity contribution in [3.8, 4) is 5.75 Å². The van der Waals surface area contributed by atoms with Gasteiger partial charge in [0.05, 0.1) is 13.0 Å². The number of carbonyl (C=O) groups excluding carboxylic acids is 2. The summed E-state index contributed by atoms with van der Waals surface area (Å²) in [5, 5.41) is 14.3. The first-order valence-corrected chi connectivity index (χ1v) is 13.0. The summed E-state index contributed by atoms with van der Waals surface area (Å²) < 4.78 is 5.58. The number of hydrogen-bond donors (Lipinski definition) is 2. The van der Waals surface area contributed by atoms with E-state index in [1.54, 1.807) is 36.4 Å². The molecule has 0 radical (unpaired) electrons. The van der Waals surface area contributed by atoms with E-state index in [9.17, 15) is 19.3 Å². The molecule has 3 aromatic rings. The zero-order valence-corrected chi connectivity index (χ0v) is 21.5. The third kappa shape index (κ3) is 7.50. The molecule has 0 aromatic heterocycles. The van der Waals surface area contributed by atoms with Crippen LogP contribution in [0.15, 0.2) is 78.0 Å². The first-order chi connectivity index (χ1) is 18.9. The maximum atomic E-state index is 13.4. The second-order valence-corrected chi connectivity index (χ2v) is 9.54. The number of hydrogen-bond acceptors (Lipinski definition) is 6. The van der Waals surface area contributed by atoms with E-state index in [0.717, 1.165) is 18.4 Å². The van der Waals surface area contributed by atoms with E-state index < -0.39 is 12.1 Å². The van der Waals surface area contributed by atoms with Gasteiger partial charge in [-0.3, -0.25) is 14.5 Å². The minimum atomic E-state index is -0.990. The Labute approximate surface area is 226 Å². The van der Waals surface area contributed by atoms with Gasteiger partial charge in [-0.2, -0.15) is 0 Å². The van der Waals surface area contributed by atoms with Crippen LogP contribution in [0.25, 0.3) is 0 Å². The number of benzene rings is 3. The summed E-state index contributed by atoms with van der Waals surface area (Å²) in [5.41, 5.74) is 3.03. The number of nitrogens with zero attached hydrogens (tertiary/aromatic N) is 2. The van der Waals surface area contributed by atoms with E-state index in [-0.39, 0.29) is 36.9 Å². The standard InChI is InChI=1S/C30H31N3O6/c34-28(35)18-19-31-29(36)24-12-10-21(11-13-24)20-33(30(37)39-27-9-5-4-8-26(27)32-38)25-16-14-23(15-17-25)22-6-2-1-3-7-22/h4-5,8-17,22H,1-3,6-7,18-20H2,(H,31,36)(H,34,35). The third-order valence-electron chi connectivity index (χ3n) is 6.84. The Morgan fingerprint density at radius 3 is 2.28 bits per heavy atom. The molecule has 202 valence electrons. The van der Waals surface area contributed by atoms with Crippen LogP contribution in [0.5, 0.6) is 5.75 Å². The van der Waals surface area contributed by atoms with Crippen LogP contribution in [0.3, 0.4) is 0 Å². The maximum Gasteiger partial charge on any atom is 0.420 e. The predicted molar refractivity (Wildman–Crippen MR) is 147 cm³/mol. The lowest BCUT2D eigenvalue weighted by atomic mass is 9.84. The summed E-state index contributed by atoms with van der Waals surface area (Å²) in [4.78, 5) is 49.0. The SMILES string of the molecule is O=Nc1ccccc1OC(=O)N(Cc1ccc(C(=O)NCCC(=O)O)cc1)c1ccc(C2CCCCC2)cc1. The van der Waals surface area contributed by atoms with Crippen molar-refractivity contribution in [3.63, 3.8) is 0 Å². The molecule has 0 unspecified atom stereocenters. The van der Waals surface area contributed by atoms with E-state index in [1.807, 2.05) is 12.1 Å². The van der Waals surface area contributed by atoms with Crippen molar-refractivity contribution in [2.45, 2.75) is 51.0 Å². The third-order valence-corrected chi connectivity index (χ3v) is 6.84. The Balaban J connectivity index is 1.53. The number of carbonyl (C=O) groups is 3. The first-order valence-electron chi connectivity index (χ1n) is 13.0. The average Bonchev–Trinajstić information content (AvgIpc) is 2.97. The molecule has 3 aromatic carbocycles. The minimum absolute atomic E-state index is 0.0247. The van der Waals surface area contributed by atoms with Crippen LogP contribution in [-0.4, -0.2) is 29.6 Å². The molecule has 9 heteroatoms. The van der Waals surface area contributed by atoms with E-state index in [4.69, 9.17) is 9.84 Å². The highest BCUT2D eigenvalue weighted by Gasteiger charge is 2.22. The molecule has 2 amide bonds. The quantitative estimate of drug-likeness (QED) is 0.287. The molecule has 4 rings (SSSR count). The van der Waals surface area contributed by atoms with Crippen molar-refractivity contribution in [1.29, 1.82) is 0 Å². The Morgan fingerprint density at radius 1 is 0.923 bits per heavy atom. The second-order valence-electron chi connectivity index (χ2n) is 9.54. The van der Waals surface area contributed by atoms with Crippen molar-refractivity contribution in [2.75, 3.05) is 11.4 Å². The van der Waals surface area contributed by atoms with Crippen molar-refractivity contribution < 1.29 is 24.2 Å². The zero-order valence-electron chi connectivity index (χ0n) is 21.5. The van der Waals surface area contributed by atoms with Gasteiger partial charge >= 0.3 is 12.1 Å². The smallest absolute Gasteiger partial charge is 0.420 e. The normalized spacial score (nSPS) is 13.3. The van der Waals surface area contributed by atoms with Gasteiger partial charge in [0.1, 0.15) is 0 Å². The van der Waals surface area contributed by atoms with Crippen molar-refractivity contribution in [2.24, 2.45) is 5.18 Å². The molecule has 1 saturated carbocycles. The number of carboxylic acid groups (broad SMARTS) is 1. The van der Waals surface area contributed by atoms with Gasteiger partial charge in [0.25, 0.3) is 5.91 Å². The molecule has 0 heterocycles. The van der Waals surface area contributed by atoms with E-state index in [1.165, 1.54) is 41.9 Å². The van der Waals surface area contributed by atoms with Crippen LogP contribution in [0.4, 0.5) is 16.2 Å². The van der Waals surface area contributed by atoms with Gasteiger partial charge < -0.3 is 15.2 Å². The Bertz CT molecular complexity index is 1300. The lowest BCUT2D eigenvalue weighted by molar-refractivity contribution is -0.136. The van der Waals surface area contributed by atoms with Gasteiger partial charge in [0, 0.05) is 17.8 Å². The number of aliphatic carboxylic acids is 1. The number of rotatable bonds is 10. The highest BCUT2D eigenvalue weighted by molar-refractivity contribution is 5.94. The van der Waals surface area contributed by atoms with E-state index >= 15 is 0 Å². The molecule has 1 aliphatic carbocycles. The summed E-state index contributed by atoms with van der Waals surface area (Å²) in [6.45, 7) is 0.183. The fraction of sp³-hybridized carbons (Fsp3) is 0.300. The van der Waals surface area contributed by atoms with Gasteiger partial charge in [-0.1, -0.05) is 55.7 Å². The van der Waals surface area contributed by atoms with E-state index in [0.29, 0.717) is 17.2 Å². The highest BCUT2D eigenvalue weighted by Crippen LogP contribution is 2.34. The van der Waals surface area contributed by atoms with Crippen LogP contribution >= 0.6 is 0 Å². The number of amides is 2. The van der Waals surface area contributed by atoms with Crippen molar-refractivity contribution >= 4 is 29.3 Å². The molecule has 1 fully saturated rings. The molecular weight excluding hydrogens is 498 g/mol. The van der Waals surface area contributed by atoms with Crippen LogP contribution in [0.2, 0.25) is 0 Å².